The molecule has 0 radical (unpaired) electrons. The lowest BCUT2D eigenvalue weighted by Gasteiger charge is -2.31. The van der Waals surface area contributed by atoms with Gasteiger partial charge in [0.25, 0.3) is 5.67 Å². The molecule has 0 heterocycles. The van der Waals surface area contributed by atoms with Gasteiger partial charge in [-0.25, -0.2) is 4.39 Å². The second kappa shape index (κ2) is 3.97. The Morgan fingerprint density at radius 2 is 1.19 bits per heavy atom. The molecule has 0 aromatic heterocycles. The highest BCUT2D eigenvalue weighted by atomic mass is 19.4. The van der Waals surface area contributed by atoms with E-state index in [1.807, 2.05) is 0 Å². The lowest BCUT2D eigenvalue weighted by molar-refractivity contribution is -0.390. The zero-order valence-corrected chi connectivity index (χ0v) is 7.52. The summed E-state index contributed by atoms with van der Waals surface area (Å²) in [5.41, 5.74) is -5.20. The summed E-state index contributed by atoms with van der Waals surface area (Å²) in [5.74, 6) is 0. The molecule has 1 unspecified atom stereocenters. The summed E-state index contributed by atoms with van der Waals surface area (Å²) in [6, 6.07) is 0. The third-order valence-electron chi connectivity index (χ3n) is 1.50. The van der Waals surface area contributed by atoms with Crippen LogP contribution < -0.4 is 0 Å². The molecule has 0 aliphatic rings. The Bertz CT molecular complexity index is 237. The first-order chi connectivity index (χ1) is 6.71. The molecule has 16 heavy (non-hydrogen) atoms. The predicted molar refractivity (Wildman–Crippen MR) is 32.5 cm³/mol. The SMILES string of the molecule is CC(F)(C(F)(F)F)C(F)(F)OCC(F)(F)F. The van der Waals surface area contributed by atoms with Gasteiger partial charge in [0, 0.05) is 0 Å². The number of alkyl halides is 9. The van der Waals surface area contributed by atoms with Crippen LogP contribution in [0.2, 0.25) is 0 Å². The van der Waals surface area contributed by atoms with E-state index in [4.69, 9.17) is 0 Å². The van der Waals surface area contributed by atoms with Crippen molar-refractivity contribution in [2.24, 2.45) is 0 Å². The van der Waals surface area contributed by atoms with Crippen LogP contribution in [0.4, 0.5) is 39.5 Å². The zero-order chi connectivity index (χ0) is 13.4. The van der Waals surface area contributed by atoms with Crippen molar-refractivity contribution in [2.75, 3.05) is 6.61 Å². The van der Waals surface area contributed by atoms with E-state index in [1.165, 1.54) is 0 Å². The molecule has 0 aliphatic heterocycles. The molecule has 0 aliphatic carbocycles. The van der Waals surface area contributed by atoms with Crippen LogP contribution in [0.25, 0.3) is 0 Å². The third kappa shape index (κ3) is 3.42. The number of hydrogen-bond acceptors (Lipinski definition) is 1. The van der Waals surface area contributed by atoms with Crippen LogP contribution in [-0.4, -0.2) is 30.7 Å². The minimum atomic E-state index is -6.05. The van der Waals surface area contributed by atoms with Crippen molar-refractivity contribution in [2.45, 2.75) is 31.1 Å². The summed E-state index contributed by atoms with van der Waals surface area (Å²) in [5, 5.41) is 0. The quantitative estimate of drug-likeness (QED) is 0.709. The van der Waals surface area contributed by atoms with E-state index in [0.717, 1.165) is 0 Å². The molecule has 0 spiro atoms. The smallest absolute Gasteiger partial charge is 0.308 e. The molecule has 0 N–H and O–H groups in total. The highest BCUT2D eigenvalue weighted by Crippen LogP contribution is 2.45. The molecule has 0 aromatic carbocycles. The molecule has 0 bridgehead atoms. The Hall–Kier alpha value is -0.670. The van der Waals surface area contributed by atoms with Crippen LogP contribution in [0.1, 0.15) is 6.92 Å². The van der Waals surface area contributed by atoms with Gasteiger partial charge in [-0.1, -0.05) is 0 Å². The van der Waals surface area contributed by atoms with Crippen LogP contribution in [-0.2, 0) is 4.74 Å². The Morgan fingerprint density at radius 3 is 1.44 bits per heavy atom. The summed E-state index contributed by atoms with van der Waals surface area (Å²) >= 11 is 0. The van der Waals surface area contributed by atoms with Gasteiger partial charge in [-0.2, -0.15) is 35.1 Å². The fourth-order valence-electron chi connectivity index (χ4n) is 0.473. The van der Waals surface area contributed by atoms with E-state index in [1.54, 1.807) is 0 Å². The zero-order valence-electron chi connectivity index (χ0n) is 7.52. The van der Waals surface area contributed by atoms with Gasteiger partial charge in [0.2, 0.25) is 0 Å². The van der Waals surface area contributed by atoms with Crippen molar-refractivity contribution in [1.82, 2.24) is 0 Å². The molecule has 98 valence electrons. The number of rotatable bonds is 3. The second-order valence-electron chi connectivity index (χ2n) is 2.92. The van der Waals surface area contributed by atoms with Gasteiger partial charge in [0.1, 0.15) is 6.61 Å². The number of halogens is 9. The Labute approximate surface area is 83.2 Å². The molecule has 0 saturated heterocycles. The van der Waals surface area contributed by atoms with Crippen LogP contribution in [0.3, 0.4) is 0 Å². The van der Waals surface area contributed by atoms with Crippen LogP contribution >= 0.6 is 0 Å². The molecule has 1 atom stereocenters. The molecule has 1 nitrogen and oxygen atoms in total. The molecule has 0 saturated carbocycles. The Morgan fingerprint density at radius 1 is 0.812 bits per heavy atom. The summed E-state index contributed by atoms with van der Waals surface area (Å²) in [4.78, 5) is 0. The predicted octanol–water partition coefficient (Wildman–Crippen LogP) is 3.45. The maximum Gasteiger partial charge on any atom is 0.430 e. The molecule has 0 fully saturated rings. The fraction of sp³-hybridized carbons (Fsp3) is 1.00. The van der Waals surface area contributed by atoms with E-state index in [0.29, 0.717) is 0 Å². The van der Waals surface area contributed by atoms with E-state index in [2.05, 4.69) is 4.74 Å². The van der Waals surface area contributed by atoms with E-state index >= 15 is 0 Å². The van der Waals surface area contributed by atoms with Crippen molar-refractivity contribution in [1.29, 1.82) is 0 Å². The van der Waals surface area contributed by atoms with Crippen molar-refractivity contribution in [3.05, 3.63) is 0 Å². The topological polar surface area (TPSA) is 9.23 Å². The molecule has 0 rings (SSSR count). The van der Waals surface area contributed by atoms with E-state index < -0.39 is 37.7 Å². The minimum absolute atomic E-state index is 0.608. The average molecular weight is 264 g/mol. The fourth-order valence-corrected chi connectivity index (χ4v) is 0.473. The first kappa shape index (κ1) is 15.3. The Balaban J connectivity index is 4.79. The van der Waals surface area contributed by atoms with Gasteiger partial charge in [-0.05, 0) is 6.92 Å². The van der Waals surface area contributed by atoms with Gasteiger partial charge in [-0.3, -0.25) is 0 Å². The van der Waals surface area contributed by atoms with Crippen molar-refractivity contribution >= 4 is 0 Å². The largest absolute Gasteiger partial charge is 0.430 e. The van der Waals surface area contributed by atoms with Gasteiger partial charge in [0.15, 0.2) is 0 Å². The first-order valence-electron chi connectivity index (χ1n) is 3.55. The summed E-state index contributed by atoms with van der Waals surface area (Å²) in [6.45, 7) is -3.29. The number of ether oxygens (including phenoxy) is 1. The summed E-state index contributed by atoms with van der Waals surface area (Å²) < 4.78 is 109. The second-order valence-corrected chi connectivity index (χ2v) is 2.92. The van der Waals surface area contributed by atoms with E-state index in [-0.39, 0.29) is 0 Å². The standard InChI is InChI=1S/C6H5F9O/c1-3(7,5(11,12)13)6(14,15)16-2-4(8,9)10/h2H2,1H3. The molecular formula is C6H5F9O. The summed E-state index contributed by atoms with van der Waals surface area (Å²) in [6.07, 6.45) is -17.0. The van der Waals surface area contributed by atoms with Crippen molar-refractivity contribution in [3.63, 3.8) is 0 Å². The van der Waals surface area contributed by atoms with Crippen molar-refractivity contribution < 1.29 is 44.3 Å². The molecule has 0 aromatic rings. The Kier molecular flexibility index (Phi) is 3.80. The highest BCUT2D eigenvalue weighted by molar-refractivity contribution is 4.90. The van der Waals surface area contributed by atoms with Crippen LogP contribution in [0.15, 0.2) is 0 Å². The van der Waals surface area contributed by atoms with Gasteiger partial charge >= 0.3 is 18.5 Å². The highest BCUT2D eigenvalue weighted by Gasteiger charge is 2.69. The van der Waals surface area contributed by atoms with E-state index in [9.17, 15) is 39.5 Å². The lowest BCUT2D eigenvalue weighted by Crippen LogP contribution is -2.55. The normalized spacial score (nSPS) is 18.4. The van der Waals surface area contributed by atoms with Gasteiger partial charge in [-0.15, -0.1) is 0 Å². The third-order valence-corrected chi connectivity index (χ3v) is 1.50. The average Bonchev–Trinajstić information content (AvgIpc) is 1.97. The number of hydrogen-bond donors (Lipinski definition) is 0. The lowest BCUT2D eigenvalue weighted by atomic mass is 10.1. The molecular weight excluding hydrogens is 259 g/mol. The monoisotopic (exact) mass is 264 g/mol. The molecule has 10 heteroatoms. The first-order valence-corrected chi connectivity index (χ1v) is 3.55. The van der Waals surface area contributed by atoms with Gasteiger partial charge < -0.3 is 4.74 Å². The summed E-state index contributed by atoms with van der Waals surface area (Å²) in [7, 11) is 0. The minimum Gasteiger partial charge on any atom is -0.308 e. The molecule has 0 amide bonds. The van der Waals surface area contributed by atoms with Gasteiger partial charge in [0.05, 0.1) is 0 Å². The maximum atomic E-state index is 12.6. The van der Waals surface area contributed by atoms with Crippen LogP contribution in [0, 0.1) is 0 Å². The maximum absolute atomic E-state index is 12.6. The van der Waals surface area contributed by atoms with Crippen molar-refractivity contribution in [3.8, 4) is 0 Å². The van der Waals surface area contributed by atoms with Crippen LogP contribution in [0.5, 0.6) is 0 Å².